The maximum Gasteiger partial charge on any atom is 0.0629 e. The summed E-state index contributed by atoms with van der Waals surface area (Å²) in [6, 6.07) is 42.4. The summed E-state index contributed by atoms with van der Waals surface area (Å²) in [7, 11) is 0. The Bertz CT molecular complexity index is 3590. The fourth-order valence-corrected chi connectivity index (χ4v) is 7.31. The monoisotopic (exact) mass is 739 g/mol. The molecule has 10 aromatic carbocycles. The highest BCUT2D eigenvalue weighted by Crippen LogP contribution is 2.40. The van der Waals surface area contributed by atoms with Crippen molar-refractivity contribution in [1.82, 2.24) is 0 Å². The van der Waals surface area contributed by atoms with Gasteiger partial charge in [-0.1, -0.05) is 194 Å². The number of anilines is 3. The minimum absolute atomic E-state index is 0.0227. The second kappa shape index (κ2) is 15.0. The summed E-state index contributed by atoms with van der Waals surface area (Å²) < 4.78 is 120. The van der Waals surface area contributed by atoms with Gasteiger partial charge in [-0.25, -0.2) is 0 Å². The Morgan fingerprint density at radius 2 is 0.667 bits per heavy atom. The highest BCUT2D eigenvalue weighted by Gasteiger charge is 2.16. The van der Waals surface area contributed by atoms with Gasteiger partial charge in [0.05, 0.1) is 19.2 Å². The van der Waals surface area contributed by atoms with E-state index in [0.717, 1.165) is 39.1 Å². The lowest BCUT2D eigenvalue weighted by Crippen LogP contribution is -2.09. The van der Waals surface area contributed by atoms with Crippen molar-refractivity contribution in [3.63, 3.8) is 0 Å². The summed E-state index contributed by atoms with van der Waals surface area (Å²) in [6.45, 7) is 0. The lowest BCUT2D eigenvalue weighted by Gasteiger charge is -2.26. The smallest absolute Gasteiger partial charge is 0.0629 e. The Hall–Kier alpha value is -7.48. The molecule has 10 aromatic rings. The standard InChI is InChI=1S/C56H39N/c1-3-13-41(14-4-1)55-38-31-47(39-56(55)44-15-5-2-6-16-44)40-25-32-48(33-26-40)57(49-34-27-45(28-35-49)53-23-11-19-42-17-7-9-21-51(42)53)50-36-29-46(30-37-50)54-24-12-20-43-18-8-10-22-52(43)54/h1-39H/i7D,8D,9D,10D,11D,12D,17D,18D,19D,20D,21D,22D,23D,24D. The second-order valence-electron chi connectivity index (χ2n) is 13.5. The number of nitrogens with zero attached hydrogens (tertiary/aromatic N) is 1. The number of rotatable bonds is 8. The maximum atomic E-state index is 8.94. The molecule has 1 nitrogen and oxygen atoms in total. The predicted molar refractivity (Wildman–Crippen MR) is 243 cm³/mol. The number of fused-ring (bicyclic) bond motifs is 2. The number of hydrogen-bond donors (Lipinski definition) is 0. The molecule has 0 saturated heterocycles. The molecule has 0 bridgehead atoms. The summed E-state index contributed by atoms with van der Waals surface area (Å²) in [4.78, 5) is 1.95. The topological polar surface area (TPSA) is 3.24 Å². The molecular weight excluding hydrogens is 687 g/mol. The first-order valence-corrected chi connectivity index (χ1v) is 18.4. The van der Waals surface area contributed by atoms with E-state index in [0.29, 0.717) is 22.5 Å². The second-order valence-corrected chi connectivity index (χ2v) is 13.5. The van der Waals surface area contributed by atoms with E-state index < -0.39 is 72.5 Å². The van der Waals surface area contributed by atoms with Gasteiger partial charge in [-0.3, -0.25) is 0 Å². The molecule has 0 atom stereocenters. The van der Waals surface area contributed by atoms with Gasteiger partial charge >= 0.3 is 0 Å². The zero-order valence-electron chi connectivity index (χ0n) is 44.4. The van der Waals surface area contributed by atoms with Crippen molar-refractivity contribution in [3.05, 3.63) is 236 Å². The molecular formula is C56H39N. The van der Waals surface area contributed by atoms with Gasteiger partial charge in [0.15, 0.2) is 0 Å². The van der Waals surface area contributed by atoms with E-state index in [4.69, 9.17) is 19.2 Å². The third-order valence-electron chi connectivity index (χ3n) is 10.1. The van der Waals surface area contributed by atoms with Crippen LogP contribution in [-0.4, -0.2) is 0 Å². The summed E-state index contributed by atoms with van der Waals surface area (Å²) in [5, 5.41) is -0.328. The van der Waals surface area contributed by atoms with Crippen molar-refractivity contribution in [1.29, 1.82) is 0 Å². The van der Waals surface area contributed by atoms with Gasteiger partial charge < -0.3 is 4.90 Å². The van der Waals surface area contributed by atoms with Crippen LogP contribution in [0, 0.1) is 0 Å². The fraction of sp³-hybridized carbons (Fsp3) is 0. The fourth-order valence-electron chi connectivity index (χ4n) is 7.31. The van der Waals surface area contributed by atoms with Crippen LogP contribution >= 0.6 is 0 Å². The van der Waals surface area contributed by atoms with Crippen molar-refractivity contribution in [2.45, 2.75) is 0 Å². The van der Waals surface area contributed by atoms with Gasteiger partial charge in [-0.15, -0.1) is 0 Å². The molecule has 0 N–H and O–H groups in total. The Labute approximate surface area is 354 Å². The van der Waals surface area contributed by atoms with Crippen LogP contribution in [-0.2, 0) is 0 Å². The van der Waals surface area contributed by atoms with E-state index in [1.807, 2.05) is 65.6 Å². The van der Waals surface area contributed by atoms with E-state index in [1.165, 1.54) is 0 Å². The highest BCUT2D eigenvalue weighted by atomic mass is 15.1. The van der Waals surface area contributed by atoms with Crippen LogP contribution in [0.15, 0.2) is 236 Å². The molecule has 0 radical (unpaired) electrons. The molecule has 0 heterocycles. The van der Waals surface area contributed by atoms with Gasteiger partial charge in [0.25, 0.3) is 0 Å². The zero-order valence-corrected chi connectivity index (χ0v) is 30.4. The van der Waals surface area contributed by atoms with E-state index in [2.05, 4.69) is 42.5 Å². The number of hydrogen-bond acceptors (Lipinski definition) is 1. The third kappa shape index (κ3) is 6.66. The van der Waals surface area contributed by atoms with Gasteiger partial charge in [0.1, 0.15) is 0 Å². The normalized spacial score (nSPS) is 14.6. The van der Waals surface area contributed by atoms with Crippen molar-refractivity contribution < 1.29 is 19.2 Å². The van der Waals surface area contributed by atoms with Crippen LogP contribution in [0.1, 0.15) is 19.2 Å². The minimum Gasteiger partial charge on any atom is -0.311 e. The maximum absolute atomic E-state index is 8.94. The largest absolute Gasteiger partial charge is 0.311 e. The summed E-state index contributed by atoms with van der Waals surface area (Å²) in [6.07, 6.45) is 0. The Morgan fingerprint density at radius 1 is 0.281 bits per heavy atom. The van der Waals surface area contributed by atoms with Gasteiger partial charge in [-0.05, 0) is 120 Å². The molecule has 268 valence electrons. The molecule has 57 heavy (non-hydrogen) atoms. The minimum atomic E-state index is -0.534. The average Bonchev–Trinajstić information content (AvgIpc) is 3.40. The van der Waals surface area contributed by atoms with Crippen LogP contribution < -0.4 is 4.90 Å². The third-order valence-corrected chi connectivity index (χ3v) is 10.1. The highest BCUT2D eigenvalue weighted by molar-refractivity contribution is 5.98. The van der Waals surface area contributed by atoms with Crippen LogP contribution in [0.3, 0.4) is 0 Å². The Kier molecular flexibility index (Phi) is 5.83. The molecule has 0 saturated carbocycles. The molecule has 0 fully saturated rings. The van der Waals surface area contributed by atoms with Crippen molar-refractivity contribution >= 4 is 38.6 Å². The predicted octanol–water partition coefficient (Wildman–Crippen LogP) is 15.8. The first-order valence-electron chi connectivity index (χ1n) is 25.4. The molecule has 0 spiro atoms. The molecule has 1 heteroatoms. The van der Waals surface area contributed by atoms with Crippen LogP contribution in [0.4, 0.5) is 17.1 Å². The lowest BCUT2D eigenvalue weighted by atomic mass is 9.91. The van der Waals surface area contributed by atoms with Gasteiger partial charge in [0.2, 0.25) is 0 Å². The van der Waals surface area contributed by atoms with Crippen LogP contribution in [0.5, 0.6) is 0 Å². The zero-order chi connectivity index (χ0) is 50.2. The van der Waals surface area contributed by atoms with Crippen molar-refractivity contribution in [2.75, 3.05) is 4.90 Å². The van der Waals surface area contributed by atoms with E-state index in [1.54, 1.807) is 48.5 Å². The molecule has 0 unspecified atom stereocenters. The quantitative estimate of drug-likeness (QED) is 0.150. The van der Waals surface area contributed by atoms with Gasteiger partial charge in [0, 0.05) is 17.1 Å². The SMILES string of the molecule is [2H]c1c([2H])c([2H])c2c(-c3ccc(N(c4ccc(-c5ccc(-c6ccccc6)c(-c6ccccc6)c5)cc4)c4ccc(-c5c([2H])c([2H])c([2H])c6c([2H])c([2H])c([2H])c([2H])c56)cc4)cc3)c([2H])c([2H])c([2H])c2c1[2H]. The molecule has 0 aliphatic rings. The first-order chi connectivity index (χ1) is 34.1. The van der Waals surface area contributed by atoms with E-state index in [9.17, 15) is 0 Å². The Morgan fingerprint density at radius 3 is 1.16 bits per heavy atom. The van der Waals surface area contributed by atoms with E-state index in [-0.39, 0.29) is 44.8 Å². The summed E-state index contributed by atoms with van der Waals surface area (Å²) in [5.41, 5.74) is 9.22. The van der Waals surface area contributed by atoms with Gasteiger partial charge in [-0.2, -0.15) is 0 Å². The van der Waals surface area contributed by atoms with Crippen LogP contribution in [0.25, 0.3) is 77.2 Å². The number of benzene rings is 10. The lowest BCUT2D eigenvalue weighted by molar-refractivity contribution is 1.28. The van der Waals surface area contributed by atoms with Crippen molar-refractivity contribution in [2.24, 2.45) is 0 Å². The average molecular weight is 740 g/mol. The molecule has 0 aliphatic carbocycles. The summed E-state index contributed by atoms with van der Waals surface area (Å²) >= 11 is 0. The van der Waals surface area contributed by atoms with E-state index >= 15 is 0 Å². The Balaban J connectivity index is 1.12. The molecule has 0 amide bonds. The molecule has 10 rings (SSSR count). The van der Waals surface area contributed by atoms with Crippen molar-refractivity contribution in [3.8, 4) is 55.6 Å². The van der Waals surface area contributed by atoms with Crippen LogP contribution in [0.2, 0.25) is 0 Å². The molecule has 0 aromatic heterocycles. The first kappa shape index (κ1) is 22.2. The molecule has 0 aliphatic heterocycles. The summed E-state index contributed by atoms with van der Waals surface area (Å²) in [5.74, 6) is 0.